The Balaban J connectivity index is 1.48. The lowest BCUT2D eigenvalue weighted by Gasteiger charge is -2.32. The Kier molecular flexibility index (Phi) is 5.76. The monoisotopic (exact) mass is 455 g/mol. The number of nitrogens with one attached hydrogen (secondary N) is 1. The van der Waals surface area contributed by atoms with E-state index in [9.17, 15) is 9.59 Å². The van der Waals surface area contributed by atoms with Crippen molar-refractivity contribution >= 4 is 12.0 Å². The zero-order valence-electron chi connectivity index (χ0n) is 18.6. The Hall–Kier alpha value is -4.12. The smallest absolute Gasteiger partial charge is 0.404 e. The third kappa shape index (κ3) is 4.50. The first-order valence-electron chi connectivity index (χ1n) is 11.5. The minimum atomic E-state index is -1.08. The number of hydrogen-bond donors (Lipinski definition) is 2. The molecule has 2 N–H and O–H groups in total. The highest BCUT2D eigenvalue weighted by atomic mass is 16.4. The number of carboxylic acid groups (broad SMARTS) is 1. The highest BCUT2D eigenvalue weighted by Gasteiger charge is 2.28. The van der Waals surface area contributed by atoms with E-state index in [0.717, 1.165) is 23.4 Å². The molecule has 5 rings (SSSR count). The number of likely N-dealkylation sites (tertiary alicyclic amines) is 1. The van der Waals surface area contributed by atoms with E-state index in [2.05, 4.69) is 28.6 Å². The summed E-state index contributed by atoms with van der Waals surface area (Å²) < 4.78 is 1.77. The SMILES string of the molecule is N#Cc1ccc(-c2cc(C(=O)N3CCC[C@@H](NC(=O)O)C3)nn2-c2ccc(C3CC3)cc2)cc1. The molecule has 1 saturated carbocycles. The molecule has 1 saturated heterocycles. The van der Waals surface area contributed by atoms with Gasteiger partial charge in [0.2, 0.25) is 0 Å². The first-order valence-corrected chi connectivity index (χ1v) is 11.5. The Morgan fingerprint density at radius 1 is 1.06 bits per heavy atom. The van der Waals surface area contributed by atoms with Gasteiger partial charge in [-0.1, -0.05) is 24.3 Å². The summed E-state index contributed by atoms with van der Waals surface area (Å²) in [6, 6.07) is 19.1. The molecule has 0 bridgehead atoms. The first kappa shape index (κ1) is 21.7. The second-order valence-corrected chi connectivity index (χ2v) is 8.92. The van der Waals surface area contributed by atoms with Crippen LogP contribution in [0.5, 0.6) is 0 Å². The molecule has 2 amide bonds. The minimum Gasteiger partial charge on any atom is -0.465 e. The molecular formula is C26H25N5O3. The molecule has 2 aromatic carbocycles. The highest BCUT2D eigenvalue weighted by Crippen LogP contribution is 2.40. The standard InChI is InChI=1S/C26H25N5O3/c27-15-17-3-5-20(6-4-17)24-14-23(25(32)30-13-1-2-21(16-30)28-26(33)34)29-31(24)22-11-9-19(10-12-22)18-7-8-18/h3-6,9-12,14,18,21,28H,1-2,7-8,13,16H2,(H,33,34)/t21-/m1/s1. The summed E-state index contributed by atoms with van der Waals surface area (Å²) in [5.74, 6) is 0.424. The Labute approximate surface area is 197 Å². The van der Waals surface area contributed by atoms with Gasteiger partial charge in [-0.2, -0.15) is 10.4 Å². The van der Waals surface area contributed by atoms with Gasteiger partial charge in [0, 0.05) is 24.7 Å². The number of carbonyl (C=O) groups is 2. The van der Waals surface area contributed by atoms with Crippen molar-refractivity contribution in [3.05, 3.63) is 71.4 Å². The van der Waals surface area contributed by atoms with Gasteiger partial charge in [-0.15, -0.1) is 0 Å². The molecule has 0 unspecified atom stereocenters. The molecule has 2 heterocycles. The number of hydrogen-bond acceptors (Lipinski definition) is 4. The summed E-state index contributed by atoms with van der Waals surface area (Å²) in [6.07, 6.45) is 2.80. The topological polar surface area (TPSA) is 111 Å². The fourth-order valence-corrected chi connectivity index (χ4v) is 4.52. The van der Waals surface area contributed by atoms with Gasteiger partial charge in [0.25, 0.3) is 5.91 Å². The molecule has 8 nitrogen and oxygen atoms in total. The summed E-state index contributed by atoms with van der Waals surface area (Å²) in [6.45, 7) is 0.881. The largest absolute Gasteiger partial charge is 0.465 e. The van der Waals surface area contributed by atoms with E-state index in [1.54, 1.807) is 27.8 Å². The summed E-state index contributed by atoms with van der Waals surface area (Å²) in [5, 5.41) is 25.4. The molecule has 1 atom stereocenters. The Morgan fingerprint density at radius 2 is 1.79 bits per heavy atom. The maximum absolute atomic E-state index is 13.3. The van der Waals surface area contributed by atoms with Crippen LogP contribution in [0.4, 0.5) is 4.79 Å². The quantitative estimate of drug-likeness (QED) is 0.600. The van der Waals surface area contributed by atoms with E-state index < -0.39 is 6.09 Å². The van der Waals surface area contributed by atoms with Crippen molar-refractivity contribution in [2.24, 2.45) is 0 Å². The van der Waals surface area contributed by atoms with Crippen molar-refractivity contribution in [1.29, 1.82) is 5.26 Å². The van der Waals surface area contributed by atoms with Crippen molar-refractivity contribution in [3.63, 3.8) is 0 Å². The van der Waals surface area contributed by atoms with Crippen molar-refractivity contribution in [1.82, 2.24) is 20.0 Å². The third-order valence-electron chi connectivity index (χ3n) is 6.46. The van der Waals surface area contributed by atoms with Gasteiger partial charge in [-0.3, -0.25) is 4.79 Å². The lowest BCUT2D eigenvalue weighted by molar-refractivity contribution is 0.0686. The summed E-state index contributed by atoms with van der Waals surface area (Å²) in [4.78, 5) is 26.0. The van der Waals surface area contributed by atoms with Crippen molar-refractivity contribution in [2.45, 2.75) is 37.6 Å². The zero-order valence-corrected chi connectivity index (χ0v) is 18.6. The number of carbonyl (C=O) groups excluding carboxylic acids is 1. The van der Waals surface area contributed by atoms with Crippen molar-refractivity contribution in [2.75, 3.05) is 13.1 Å². The minimum absolute atomic E-state index is 0.222. The summed E-state index contributed by atoms with van der Waals surface area (Å²) in [5.41, 5.74) is 4.64. The van der Waals surface area contributed by atoms with Gasteiger partial charge in [-0.05, 0) is 67.5 Å². The second kappa shape index (κ2) is 9.02. The molecule has 8 heteroatoms. The number of rotatable bonds is 5. The van der Waals surface area contributed by atoms with Crippen LogP contribution in [0.25, 0.3) is 16.9 Å². The van der Waals surface area contributed by atoms with Crippen LogP contribution in [0.1, 0.15) is 53.2 Å². The molecule has 2 aliphatic rings. The number of amides is 2. The molecular weight excluding hydrogens is 430 g/mol. The Morgan fingerprint density at radius 3 is 2.44 bits per heavy atom. The van der Waals surface area contributed by atoms with Gasteiger partial charge >= 0.3 is 6.09 Å². The normalized spacial score (nSPS) is 17.7. The van der Waals surface area contributed by atoms with Gasteiger partial charge in [0.05, 0.1) is 23.0 Å². The maximum atomic E-state index is 13.3. The molecule has 0 radical (unpaired) electrons. The predicted octanol–water partition coefficient (Wildman–Crippen LogP) is 4.16. The van der Waals surface area contributed by atoms with Crippen LogP contribution >= 0.6 is 0 Å². The number of nitriles is 1. The van der Waals surface area contributed by atoms with Crippen LogP contribution in [-0.2, 0) is 0 Å². The van der Waals surface area contributed by atoms with E-state index in [4.69, 9.17) is 10.4 Å². The Bertz CT molecular complexity index is 1250. The molecule has 0 spiro atoms. The van der Waals surface area contributed by atoms with Crippen LogP contribution in [0.2, 0.25) is 0 Å². The molecule has 3 aromatic rings. The summed E-state index contributed by atoms with van der Waals surface area (Å²) in [7, 11) is 0. The highest BCUT2D eigenvalue weighted by molar-refractivity contribution is 5.94. The second-order valence-electron chi connectivity index (χ2n) is 8.92. The maximum Gasteiger partial charge on any atom is 0.404 e. The average Bonchev–Trinajstić information content (AvgIpc) is 3.62. The molecule has 2 fully saturated rings. The van der Waals surface area contributed by atoms with Crippen LogP contribution in [0.3, 0.4) is 0 Å². The molecule has 172 valence electrons. The van der Waals surface area contributed by atoms with Crippen LogP contribution in [0, 0.1) is 11.3 Å². The van der Waals surface area contributed by atoms with Gasteiger partial charge in [0.1, 0.15) is 0 Å². The molecule has 1 aliphatic carbocycles. The van der Waals surface area contributed by atoms with Crippen LogP contribution < -0.4 is 5.32 Å². The fraction of sp³-hybridized carbons (Fsp3) is 0.308. The van der Waals surface area contributed by atoms with Crippen LogP contribution in [0.15, 0.2) is 54.6 Å². The molecule has 1 aromatic heterocycles. The number of piperidine rings is 1. The molecule has 1 aliphatic heterocycles. The van der Waals surface area contributed by atoms with Gasteiger partial charge in [-0.25, -0.2) is 9.48 Å². The van der Waals surface area contributed by atoms with Crippen LogP contribution in [-0.4, -0.2) is 50.9 Å². The van der Waals surface area contributed by atoms with Gasteiger partial charge in [0.15, 0.2) is 5.69 Å². The van der Waals surface area contributed by atoms with Crippen molar-refractivity contribution < 1.29 is 14.7 Å². The summed E-state index contributed by atoms with van der Waals surface area (Å²) >= 11 is 0. The van der Waals surface area contributed by atoms with E-state index in [1.165, 1.54) is 18.4 Å². The van der Waals surface area contributed by atoms with E-state index in [1.807, 2.05) is 24.3 Å². The van der Waals surface area contributed by atoms with Crippen molar-refractivity contribution in [3.8, 4) is 23.0 Å². The molecule has 34 heavy (non-hydrogen) atoms. The van der Waals surface area contributed by atoms with E-state index >= 15 is 0 Å². The lowest BCUT2D eigenvalue weighted by atomic mass is 10.1. The van der Waals surface area contributed by atoms with Gasteiger partial charge < -0.3 is 15.3 Å². The third-order valence-corrected chi connectivity index (χ3v) is 6.46. The average molecular weight is 456 g/mol. The van der Waals surface area contributed by atoms with E-state index in [-0.39, 0.29) is 11.9 Å². The number of nitrogens with zero attached hydrogens (tertiary/aromatic N) is 4. The number of benzene rings is 2. The fourth-order valence-electron chi connectivity index (χ4n) is 4.52. The van der Waals surface area contributed by atoms with E-state index in [0.29, 0.717) is 36.7 Å². The number of aromatic nitrogens is 2. The zero-order chi connectivity index (χ0) is 23.7. The first-order chi connectivity index (χ1) is 16.5. The lowest BCUT2D eigenvalue weighted by Crippen LogP contribution is -2.49. The predicted molar refractivity (Wildman–Crippen MR) is 126 cm³/mol.